The Labute approximate surface area is 120 Å². The van der Waals surface area contributed by atoms with Crippen molar-refractivity contribution in [3.8, 4) is 0 Å². The number of aryl methyl sites for hydroxylation is 1. The molecule has 2 heterocycles. The van der Waals surface area contributed by atoms with Crippen molar-refractivity contribution in [3.05, 3.63) is 21.9 Å². The Morgan fingerprint density at radius 1 is 1.47 bits per heavy atom. The smallest absolute Gasteiger partial charge is 0.0686 e. The molecule has 0 aromatic carbocycles. The highest BCUT2D eigenvalue weighted by molar-refractivity contribution is 7.12. The van der Waals surface area contributed by atoms with E-state index < -0.39 is 0 Å². The van der Waals surface area contributed by atoms with E-state index in [-0.39, 0.29) is 5.60 Å². The third-order valence-electron chi connectivity index (χ3n) is 4.92. The van der Waals surface area contributed by atoms with Gasteiger partial charge in [-0.3, -0.25) is 0 Å². The van der Waals surface area contributed by atoms with E-state index in [4.69, 9.17) is 4.74 Å². The molecule has 2 aliphatic rings. The molecular weight excluding hydrogens is 254 g/mol. The van der Waals surface area contributed by atoms with Crippen LogP contribution in [-0.2, 0) is 11.2 Å². The van der Waals surface area contributed by atoms with Crippen molar-refractivity contribution < 1.29 is 4.74 Å². The molecule has 0 amide bonds. The molecule has 1 aromatic heterocycles. The molecular formula is C16H25NOS. The predicted molar refractivity (Wildman–Crippen MR) is 80.8 cm³/mol. The molecule has 0 bridgehead atoms. The molecule has 3 heteroatoms. The van der Waals surface area contributed by atoms with Crippen LogP contribution in [0.15, 0.2) is 12.1 Å². The fourth-order valence-corrected chi connectivity index (χ4v) is 4.79. The highest BCUT2D eigenvalue weighted by atomic mass is 32.1. The summed E-state index contributed by atoms with van der Waals surface area (Å²) in [6, 6.07) is 5.14. The maximum atomic E-state index is 6.06. The van der Waals surface area contributed by atoms with Gasteiger partial charge in [0.15, 0.2) is 0 Å². The van der Waals surface area contributed by atoms with E-state index in [1.54, 1.807) is 0 Å². The van der Waals surface area contributed by atoms with E-state index >= 15 is 0 Å². The van der Waals surface area contributed by atoms with Gasteiger partial charge in [-0.05, 0) is 63.6 Å². The van der Waals surface area contributed by atoms with Gasteiger partial charge >= 0.3 is 0 Å². The van der Waals surface area contributed by atoms with Gasteiger partial charge in [-0.2, -0.15) is 0 Å². The van der Waals surface area contributed by atoms with Crippen LogP contribution < -0.4 is 5.32 Å². The first-order chi connectivity index (χ1) is 9.26. The molecule has 19 heavy (non-hydrogen) atoms. The third kappa shape index (κ3) is 2.61. The molecule has 3 rings (SSSR count). The van der Waals surface area contributed by atoms with Crippen LogP contribution in [0.1, 0.15) is 54.8 Å². The number of hydrogen-bond acceptors (Lipinski definition) is 3. The molecule has 1 aliphatic carbocycles. The molecule has 1 aliphatic heterocycles. The number of thiophene rings is 1. The Morgan fingerprint density at radius 2 is 2.32 bits per heavy atom. The van der Waals surface area contributed by atoms with Crippen LogP contribution in [0.25, 0.3) is 0 Å². The molecule has 2 atom stereocenters. The Morgan fingerprint density at radius 3 is 2.89 bits per heavy atom. The zero-order valence-electron chi connectivity index (χ0n) is 12.1. The number of nitrogens with one attached hydrogen (secondary N) is 1. The van der Waals surface area contributed by atoms with Gasteiger partial charge in [0.05, 0.1) is 5.60 Å². The molecule has 1 spiro atoms. The van der Waals surface area contributed by atoms with E-state index in [1.165, 1.54) is 41.9 Å². The van der Waals surface area contributed by atoms with Crippen LogP contribution in [-0.4, -0.2) is 19.3 Å². The number of rotatable bonds is 4. The maximum absolute atomic E-state index is 6.06. The van der Waals surface area contributed by atoms with Crippen LogP contribution in [0.3, 0.4) is 0 Å². The van der Waals surface area contributed by atoms with Crippen LogP contribution in [0, 0.1) is 5.92 Å². The summed E-state index contributed by atoms with van der Waals surface area (Å²) in [7, 11) is 2.11. The lowest BCUT2D eigenvalue weighted by atomic mass is 9.70. The summed E-state index contributed by atoms with van der Waals surface area (Å²) in [5, 5.41) is 3.57. The van der Waals surface area contributed by atoms with Crippen LogP contribution >= 0.6 is 11.3 Å². The average molecular weight is 279 g/mol. The Bertz CT molecular complexity index is 424. The highest BCUT2D eigenvalue weighted by Crippen LogP contribution is 2.47. The summed E-state index contributed by atoms with van der Waals surface area (Å²) in [5.41, 5.74) is 0.253. The monoisotopic (exact) mass is 279 g/mol. The zero-order chi connectivity index (χ0) is 13.3. The third-order valence-corrected chi connectivity index (χ3v) is 6.23. The van der Waals surface area contributed by atoms with Crippen molar-refractivity contribution in [2.75, 3.05) is 13.7 Å². The van der Waals surface area contributed by atoms with Crippen molar-refractivity contribution in [2.45, 2.75) is 57.1 Å². The molecule has 2 unspecified atom stereocenters. The van der Waals surface area contributed by atoms with Crippen molar-refractivity contribution in [1.82, 2.24) is 5.32 Å². The lowest BCUT2D eigenvalue weighted by Gasteiger charge is -2.48. The highest BCUT2D eigenvalue weighted by Gasteiger charge is 2.44. The van der Waals surface area contributed by atoms with Crippen molar-refractivity contribution in [3.63, 3.8) is 0 Å². The van der Waals surface area contributed by atoms with Gasteiger partial charge in [0, 0.05) is 22.4 Å². The summed E-state index contributed by atoms with van der Waals surface area (Å²) in [5.74, 6) is 0.738. The Balaban J connectivity index is 1.74. The first-order valence-corrected chi connectivity index (χ1v) is 8.48. The lowest BCUT2D eigenvalue weighted by molar-refractivity contribution is -0.147. The Hall–Kier alpha value is -0.380. The lowest BCUT2D eigenvalue weighted by Crippen LogP contribution is -2.47. The Kier molecular flexibility index (Phi) is 3.97. The normalized spacial score (nSPS) is 27.2. The van der Waals surface area contributed by atoms with Gasteiger partial charge in [0.2, 0.25) is 0 Å². The van der Waals surface area contributed by atoms with Crippen molar-refractivity contribution >= 4 is 11.3 Å². The van der Waals surface area contributed by atoms with E-state index in [1.807, 2.05) is 11.3 Å². The topological polar surface area (TPSA) is 21.3 Å². The van der Waals surface area contributed by atoms with Gasteiger partial charge in [0.1, 0.15) is 0 Å². The first-order valence-electron chi connectivity index (χ1n) is 7.66. The largest absolute Gasteiger partial charge is 0.375 e. The minimum Gasteiger partial charge on any atom is -0.375 e. The molecule has 2 fully saturated rings. The van der Waals surface area contributed by atoms with E-state index in [0.29, 0.717) is 6.04 Å². The predicted octanol–water partition coefficient (Wildman–Crippen LogP) is 3.92. The number of ether oxygens (including phenoxy) is 1. The molecule has 1 aromatic rings. The summed E-state index contributed by atoms with van der Waals surface area (Å²) in [4.78, 5) is 3.02. The standard InChI is InChI=1S/C16H25NOS/c1-3-13-5-6-14(19-13)15(17-2)12-7-10-18-16(11-12)8-4-9-16/h5-6,12,15,17H,3-4,7-11H2,1-2H3. The van der Waals surface area contributed by atoms with Gasteiger partial charge in [-0.15, -0.1) is 11.3 Å². The zero-order valence-corrected chi connectivity index (χ0v) is 12.9. The summed E-state index contributed by atoms with van der Waals surface area (Å²) in [6.07, 6.45) is 7.52. The second kappa shape index (κ2) is 5.55. The van der Waals surface area contributed by atoms with Crippen LogP contribution in [0.5, 0.6) is 0 Å². The molecule has 1 saturated heterocycles. The second-order valence-electron chi connectivity index (χ2n) is 6.06. The van der Waals surface area contributed by atoms with E-state index in [2.05, 4.69) is 31.4 Å². The summed E-state index contributed by atoms with van der Waals surface area (Å²) >= 11 is 1.98. The summed E-state index contributed by atoms with van der Waals surface area (Å²) < 4.78 is 6.06. The van der Waals surface area contributed by atoms with Crippen molar-refractivity contribution in [2.24, 2.45) is 5.92 Å². The second-order valence-corrected chi connectivity index (χ2v) is 7.26. The van der Waals surface area contributed by atoms with Gasteiger partial charge in [-0.25, -0.2) is 0 Å². The van der Waals surface area contributed by atoms with Gasteiger partial charge in [0.25, 0.3) is 0 Å². The van der Waals surface area contributed by atoms with Gasteiger partial charge in [-0.1, -0.05) is 6.92 Å². The quantitative estimate of drug-likeness (QED) is 0.902. The van der Waals surface area contributed by atoms with E-state index in [9.17, 15) is 0 Å². The molecule has 2 nitrogen and oxygen atoms in total. The molecule has 1 N–H and O–H groups in total. The molecule has 0 radical (unpaired) electrons. The molecule has 1 saturated carbocycles. The van der Waals surface area contributed by atoms with Crippen LogP contribution in [0.4, 0.5) is 0 Å². The van der Waals surface area contributed by atoms with E-state index in [0.717, 1.165) is 18.9 Å². The SMILES string of the molecule is CCc1ccc(C(NC)C2CCOC3(CCC3)C2)s1. The minimum atomic E-state index is 0.253. The van der Waals surface area contributed by atoms with Crippen LogP contribution in [0.2, 0.25) is 0 Å². The summed E-state index contributed by atoms with van der Waals surface area (Å²) in [6.45, 7) is 3.19. The van der Waals surface area contributed by atoms with Gasteiger partial charge < -0.3 is 10.1 Å². The number of hydrogen-bond donors (Lipinski definition) is 1. The first kappa shape index (κ1) is 13.6. The fourth-order valence-electron chi connectivity index (χ4n) is 3.63. The molecule has 106 valence electrons. The minimum absolute atomic E-state index is 0.253. The maximum Gasteiger partial charge on any atom is 0.0686 e. The average Bonchev–Trinajstić information content (AvgIpc) is 2.87. The fraction of sp³-hybridized carbons (Fsp3) is 0.750. The van der Waals surface area contributed by atoms with Crippen molar-refractivity contribution in [1.29, 1.82) is 0 Å².